The first-order valence-electron chi connectivity index (χ1n) is 10.8. The van der Waals surface area contributed by atoms with Gasteiger partial charge in [-0.1, -0.05) is 61.5 Å². The SMILES string of the molecule is C=C1c2ccccc2NC(=O)C(c2ccc(-c3c(C)noc3C)c(C)c2)N1CCCC. The fraction of sp³-hybridized carbons (Fsp3) is 0.308. The molecule has 1 aromatic heterocycles. The van der Waals surface area contributed by atoms with Gasteiger partial charge in [-0.05, 0) is 49.9 Å². The predicted molar refractivity (Wildman–Crippen MR) is 125 cm³/mol. The van der Waals surface area contributed by atoms with Crippen LogP contribution in [-0.2, 0) is 4.79 Å². The molecule has 4 rings (SSSR count). The molecule has 0 radical (unpaired) electrons. The quantitative estimate of drug-likeness (QED) is 0.552. The molecule has 31 heavy (non-hydrogen) atoms. The minimum atomic E-state index is -0.441. The Morgan fingerprint density at radius 1 is 1.13 bits per heavy atom. The molecular weight excluding hydrogens is 386 g/mol. The summed E-state index contributed by atoms with van der Waals surface area (Å²) in [5.74, 6) is 0.764. The highest BCUT2D eigenvalue weighted by Crippen LogP contribution is 2.38. The molecular formula is C26H29N3O2. The third-order valence-corrected chi connectivity index (χ3v) is 6.02. The number of rotatable bonds is 5. The van der Waals surface area contributed by atoms with E-state index in [-0.39, 0.29) is 5.91 Å². The molecule has 1 unspecified atom stereocenters. The van der Waals surface area contributed by atoms with Gasteiger partial charge >= 0.3 is 0 Å². The first-order chi connectivity index (χ1) is 14.9. The number of benzene rings is 2. The van der Waals surface area contributed by atoms with Crippen LogP contribution in [0.25, 0.3) is 16.8 Å². The van der Waals surface area contributed by atoms with Crippen molar-refractivity contribution in [2.75, 3.05) is 11.9 Å². The number of carbonyl (C=O) groups excluding carboxylic acids is 1. The number of aryl methyl sites for hydroxylation is 3. The summed E-state index contributed by atoms with van der Waals surface area (Å²) < 4.78 is 5.36. The summed E-state index contributed by atoms with van der Waals surface area (Å²) >= 11 is 0. The summed E-state index contributed by atoms with van der Waals surface area (Å²) in [6.45, 7) is 13.3. The molecule has 0 spiro atoms. The lowest BCUT2D eigenvalue weighted by Gasteiger charge is -2.32. The topological polar surface area (TPSA) is 58.4 Å². The van der Waals surface area contributed by atoms with Crippen LogP contribution in [0, 0.1) is 20.8 Å². The van der Waals surface area contributed by atoms with E-state index in [2.05, 4.69) is 47.9 Å². The van der Waals surface area contributed by atoms with Gasteiger partial charge < -0.3 is 14.7 Å². The molecule has 0 aliphatic carbocycles. The Labute approximate surface area is 183 Å². The van der Waals surface area contributed by atoms with E-state index in [1.807, 2.05) is 44.2 Å². The molecule has 3 aromatic rings. The van der Waals surface area contributed by atoms with Gasteiger partial charge in [-0.2, -0.15) is 0 Å². The Balaban J connectivity index is 1.78. The van der Waals surface area contributed by atoms with Crippen molar-refractivity contribution in [2.45, 2.75) is 46.6 Å². The number of para-hydroxylation sites is 1. The summed E-state index contributed by atoms with van der Waals surface area (Å²) in [6.07, 6.45) is 2.03. The number of amides is 1. The second-order valence-corrected chi connectivity index (χ2v) is 8.20. The third-order valence-electron chi connectivity index (χ3n) is 6.02. The molecule has 5 nitrogen and oxygen atoms in total. The molecule has 0 fully saturated rings. The van der Waals surface area contributed by atoms with E-state index in [4.69, 9.17) is 4.52 Å². The lowest BCUT2D eigenvalue weighted by molar-refractivity contribution is -0.120. The number of nitrogens with zero attached hydrogens (tertiary/aromatic N) is 2. The van der Waals surface area contributed by atoms with E-state index in [1.165, 1.54) is 0 Å². The van der Waals surface area contributed by atoms with Crippen LogP contribution >= 0.6 is 0 Å². The van der Waals surface area contributed by atoms with Crippen LogP contribution in [0.15, 0.2) is 53.6 Å². The van der Waals surface area contributed by atoms with Gasteiger partial charge in [-0.3, -0.25) is 4.79 Å². The number of carbonyl (C=O) groups is 1. The summed E-state index contributed by atoms with van der Waals surface area (Å²) in [5.41, 5.74) is 7.67. The number of unbranched alkanes of at least 4 members (excludes halogenated alkanes) is 1. The number of nitrogens with one attached hydrogen (secondary N) is 1. The highest BCUT2D eigenvalue weighted by atomic mass is 16.5. The normalized spacial score (nSPS) is 16.1. The molecule has 1 N–H and O–H groups in total. The third kappa shape index (κ3) is 3.76. The number of aromatic nitrogens is 1. The summed E-state index contributed by atoms with van der Waals surface area (Å²) in [4.78, 5) is 15.6. The Morgan fingerprint density at radius 2 is 1.90 bits per heavy atom. The Hall–Kier alpha value is -3.34. The summed E-state index contributed by atoms with van der Waals surface area (Å²) in [7, 11) is 0. The smallest absolute Gasteiger partial charge is 0.251 e. The molecule has 1 atom stereocenters. The van der Waals surface area contributed by atoms with Crippen molar-refractivity contribution in [2.24, 2.45) is 0 Å². The lowest BCUT2D eigenvalue weighted by atomic mass is 9.94. The highest BCUT2D eigenvalue weighted by molar-refractivity contribution is 6.01. The number of anilines is 1. The van der Waals surface area contributed by atoms with Gasteiger partial charge in [0.2, 0.25) is 0 Å². The van der Waals surface area contributed by atoms with E-state index in [1.54, 1.807) is 0 Å². The van der Waals surface area contributed by atoms with Crippen molar-refractivity contribution < 1.29 is 9.32 Å². The molecule has 160 valence electrons. The number of hydrogen-bond acceptors (Lipinski definition) is 4. The number of hydrogen-bond donors (Lipinski definition) is 1. The van der Waals surface area contributed by atoms with Gasteiger partial charge in [0.15, 0.2) is 0 Å². The van der Waals surface area contributed by atoms with Crippen LogP contribution < -0.4 is 5.32 Å². The first-order valence-corrected chi connectivity index (χ1v) is 10.8. The Morgan fingerprint density at radius 3 is 2.58 bits per heavy atom. The van der Waals surface area contributed by atoms with Gasteiger partial charge in [0.1, 0.15) is 11.8 Å². The molecule has 0 saturated heterocycles. The fourth-order valence-electron chi connectivity index (χ4n) is 4.43. The molecule has 2 heterocycles. The van der Waals surface area contributed by atoms with E-state index >= 15 is 0 Å². The molecule has 5 heteroatoms. The van der Waals surface area contributed by atoms with Crippen LogP contribution in [0.1, 0.15) is 54.0 Å². The minimum absolute atomic E-state index is 0.0355. The second kappa shape index (κ2) is 8.42. The van der Waals surface area contributed by atoms with Crippen molar-refractivity contribution in [1.82, 2.24) is 10.1 Å². The molecule has 1 aliphatic heterocycles. The monoisotopic (exact) mass is 415 g/mol. The standard InChI is InChI=1S/C26H29N3O2/c1-6-7-14-29-18(4)22-10-8-9-11-23(22)27-26(30)25(29)20-12-13-21(16(2)15-20)24-17(3)28-31-19(24)5/h8-13,15,25H,4,6-7,14H2,1-3,5H3,(H,27,30). The molecule has 1 aliphatic rings. The van der Waals surface area contributed by atoms with Crippen molar-refractivity contribution in [3.8, 4) is 11.1 Å². The van der Waals surface area contributed by atoms with Crippen molar-refractivity contribution in [1.29, 1.82) is 0 Å². The zero-order chi connectivity index (χ0) is 22.1. The van der Waals surface area contributed by atoms with Crippen LogP contribution in [0.4, 0.5) is 5.69 Å². The Bertz CT molecular complexity index is 1130. The van der Waals surface area contributed by atoms with Gasteiger partial charge in [-0.25, -0.2) is 0 Å². The van der Waals surface area contributed by atoms with Gasteiger partial charge in [0.05, 0.1) is 11.4 Å². The molecule has 0 saturated carbocycles. The average Bonchev–Trinajstić information content (AvgIpc) is 3.03. The summed E-state index contributed by atoms with van der Waals surface area (Å²) in [5, 5.41) is 7.21. The van der Waals surface area contributed by atoms with Gasteiger partial charge in [0.25, 0.3) is 5.91 Å². The lowest BCUT2D eigenvalue weighted by Crippen LogP contribution is -2.34. The second-order valence-electron chi connectivity index (χ2n) is 8.20. The van der Waals surface area contributed by atoms with Crippen molar-refractivity contribution >= 4 is 17.3 Å². The van der Waals surface area contributed by atoms with E-state index in [0.29, 0.717) is 0 Å². The summed E-state index contributed by atoms with van der Waals surface area (Å²) in [6, 6.07) is 13.7. The maximum atomic E-state index is 13.4. The maximum Gasteiger partial charge on any atom is 0.251 e. The molecule has 0 bridgehead atoms. The zero-order valence-electron chi connectivity index (χ0n) is 18.7. The van der Waals surface area contributed by atoms with E-state index in [0.717, 1.165) is 70.0 Å². The highest BCUT2D eigenvalue weighted by Gasteiger charge is 2.33. The van der Waals surface area contributed by atoms with Crippen LogP contribution in [0.2, 0.25) is 0 Å². The largest absolute Gasteiger partial charge is 0.361 e. The van der Waals surface area contributed by atoms with Gasteiger partial charge in [0, 0.05) is 23.4 Å². The van der Waals surface area contributed by atoms with Crippen molar-refractivity contribution in [3.05, 3.63) is 77.2 Å². The minimum Gasteiger partial charge on any atom is -0.361 e. The van der Waals surface area contributed by atoms with Crippen LogP contribution in [-0.4, -0.2) is 22.5 Å². The van der Waals surface area contributed by atoms with Crippen LogP contribution in [0.3, 0.4) is 0 Å². The fourth-order valence-corrected chi connectivity index (χ4v) is 4.43. The van der Waals surface area contributed by atoms with Crippen molar-refractivity contribution in [3.63, 3.8) is 0 Å². The average molecular weight is 416 g/mol. The molecule has 2 aromatic carbocycles. The predicted octanol–water partition coefficient (Wildman–Crippen LogP) is 6.03. The Kier molecular flexibility index (Phi) is 5.68. The first kappa shape index (κ1) is 20.9. The zero-order valence-corrected chi connectivity index (χ0v) is 18.7. The van der Waals surface area contributed by atoms with Gasteiger partial charge in [-0.15, -0.1) is 0 Å². The maximum absolute atomic E-state index is 13.4. The van der Waals surface area contributed by atoms with E-state index in [9.17, 15) is 4.79 Å². The number of fused-ring (bicyclic) bond motifs is 1. The molecule has 1 amide bonds. The van der Waals surface area contributed by atoms with Crippen LogP contribution in [0.5, 0.6) is 0 Å². The van der Waals surface area contributed by atoms with E-state index < -0.39 is 6.04 Å².